The molecule has 0 aliphatic carbocycles. The van der Waals surface area contributed by atoms with Crippen LogP contribution in [0.1, 0.15) is 18.9 Å². The van der Waals surface area contributed by atoms with Crippen LogP contribution in [0.3, 0.4) is 0 Å². The lowest BCUT2D eigenvalue weighted by molar-refractivity contribution is 0.663. The zero-order valence-corrected chi connectivity index (χ0v) is 13.6. The number of hydrogen-bond acceptors (Lipinski definition) is 4. The fourth-order valence-corrected chi connectivity index (χ4v) is 2.84. The molecule has 0 aliphatic heterocycles. The minimum atomic E-state index is 0.0622. The maximum atomic E-state index is 7.83. The van der Waals surface area contributed by atoms with Gasteiger partial charge in [0.05, 0.1) is 11.1 Å². The van der Waals surface area contributed by atoms with Gasteiger partial charge in [0.15, 0.2) is 0 Å². The number of hydrogen-bond donors (Lipinski definition) is 2. The summed E-state index contributed by atoms with van der Waals surface area (Å²) in [5.74, 6) is 1.95. The summed E-state index contributed by atoms with van der Waals surface area (Å²) in [4.78, 5) is 6.85. The van der Waals surface area contributed by atoms with E-state index in [4.69, 9.17) is 16.1 Å². The number of nitrogens with zero attached hydrogens (tertiary/aromatic N) is 2. The summed E-state index contributed by atoms with van der Waals surface area (Å²) in [6, 6.07) is 10.2. The predicted molar refractivity (Wildman–Crippen MR) is 93.6 cm³/mol. The van der Waals surface area contributed by atoms with E-state index in [1.807, 2.05) is 49.1 Å². The zero-order valence-electron chi connectivity index (χ0n) is 12.8. The maximum Gasteiger partial charge on any atom is 0.140 e. The first-order valence-corrected chi connectivity index (χ1v) is 8.40. The molecule has 21 heavy (non-hydrogen) atoms. The van der Waals surface area contributed by atoms with E-state index in [2.05, 4.69) is 18.1 Å². The summed E-state index contributed by atoms with van der Waals surface area (Å²) in [5, 5.41) is 8.84. The summed E-state index contributed by atoms with van der Waals surface area (Å²) < 4.78 is 0. The molecule has 2 rings (SSSR count). The highest BCUT2D eigenvalue weighted by Gasteiger charge is 2.17. The molecule has 1 heterocycles. The molecule has 2 aromatic rings. The Bertz CT molecular complexity index is 641. The van der Waals surface area contributed by atoms with Gasteiger partial charge in [-0.05, 0) is 37.5 Å². The van der Waals surface area contributed by atoms with Gasteiger partial charge in [-0.1, -0.05) is 18.2 Å². The van der Waals surface area contributed by atoms with Crippen molar-refractivity contribution in [1.82, 2.24) is 4.98 Å². The third kappa shape index (κ3) is 3.47. The fourth-order valence-electron chi connectivity index (χ4n) is 2.26. The van der Waals surface area contributed by atoms with Crippen molar-refractivity contribution >= 4 is 34.3 Å². The second kappa shape index (κ2) is 6.80. The minimum absolute atomic E-state index is 0.0622. The molecule has 0 radical (unpaired) electrons. The van der Waals surface area contributed by atoms with Crippen molar-refractivity contribution < 1.29 is 0 Å². The van der Waals surface area contributed by atoms with Gasteiger partial charge in [0, 0.05) is 18.5 Å². The number of nitrogens with one attached hydrogen (secondary N) is 1. The van der Waals surface area contributed by atoms with Crippen LogP contribution in [0.2, 0.25) is 0 Å². The molecule has 0 fully saturated rings. The Kier molecular flexibility index (Phi) is 5.07. The Balaban J connectivity index is 2.45. The van der Waals surface area contributed by atoms with Gasteiger partial charge in [-0.15, -0.1) is 0 Å². The molecule has 3 N–H and O–H groups in total. The highest BCUT2D eigenvalue weighted by molar-refractivity contribution is 7.98. The van der Waals surface area contributed by atoms with E-state index in [0.29, 0.717) is 11.6 Å². The molecule has 0 saturated carbocycles. The Labute approximate surface area is 130 Å². The Hall–Kier alpha value is -1.75. The molecule has 0 amide bonds. The molecule has 5 heteroatoms. The summed E-state index contributed by atoms with van der Waals surface area (Å²) in [5.41, 5.74) is 7.39. The van der Waals surface area contributed by atoms with E-state index in [-0.39, 0.29) is 5.84 Å². The Morgan fingerprint density at radius 1 is 1.43 bits per heavy atom. The van der Waals surface area contributed by atoms with Crippen LogP contribution in [0.25, 0.3) is 10.9 Å². The lowest BCUT2D eigenvalue weighted by Gasteiger charge is -2.28. The molecule has 1 atom stereocenters. The molecule has 112 valence electrons. The number of rotatable bonds is 6. The molecule has 1 unspecified atom stereocenters. The summed E-state index contributed by atoms with van der Waals surface area (Å²) in [6.07, 6.45) is 3.19. The van der Waals surface area contributed by atoms with Gasteiger partial charge >= 0.3 is 0 Å². The Morgan fingerprint density at radius 2 is 2.14 bits per heavy atom. The van der Waals surface area contributed by atoms with E-state index < -0.39 is 0 Å². The summed E-state index contributed by atoms with van der Waals surface area (Å²) in [7, 11) is 2.02. The predicted octanol–water partition coefficient (Wildman–Crippen LogP) is 3.10. The first-order chi connectivity index (χ1) is 10.0. The topological polar surface area (TPSA) is 66.0 Å². The van der Waals surface area contributed by atoms with Crippen molar-refractivity contribution in [3.63, 3.8) is 0 Å². The van der Waals surface area contributed by atoms with Gasteiger partial charge in [0.1, 0.15) is 11.7 Å². The number of aromatic nitrogens is 1. The third-order valence-electron chi connectivity index (χ3n) is 3.73. The number of amidine groups is 1. The highest BCUT2D eigenvalue weighted by Crippen LogP contribution is 2.24. The van der Waals surface area contributed by atoms with Crippen molar-refractivity contribution in [3.8, 4) is 0 Å². The van der Waals surface area contributed by atoms with Crippen LogP contribution < -0.4 is 10.6 Å². The maximum absolute atomic E-state index is 7.83. The van der Waals surface area contributed by atoms with Gasteiger partial charge in [-0.25, -0.2) is 4.98 Å². The quantitative estimate of drug-likeness (QED) is 0.635. The summed E-state index contributed by atoms with van der Waals surface area (Å²) in [6.45, 7) is 2.18. The minimum Gasteiger partial charge on any atom is -0.384 e. The van der Waals surface area contributed by atoms with E-state index in [1.54, 1.807) is 0 Å². The number of nitrogens with two attached hydrogens (primary N) is 1. The van der Waals surface area contributed by atoms with E-state index in [9.17, 15) is 0 Å². The molecule has 1 aromatic carbocycles. The van der Waals surface area contributed by atoms with Crippen LogP contribution >= 0.6 is 11.8 Å². The molecule has 0 bridgehead atoms. The standard InChI is InChI=1S/C16H22N4S/c1-11(8-9-21-3)20(2)16-13(15(17)18)10-12-6-4-5-7-14(12)19-16/h4-7,10-11H,8-9H2,1-3H3,(H3,17,18). The van der Waals surface area contributed by atoms with Crippen molar-refractivity contribution in [1.29, 1.82) is 5.41 Å². The monoisotopic (exact) mass is 302 g/mol. The second-order valence-electron chi connectivity index (χ2n) is 5.21. The van der Waals surface area contributed by atoms with Gasteiger partial charge in [-0.2, -0.15) is 11.8 Å². The first kappa shape index (κ1) is 15.6. The average molecular weight is 302 g/mol. The van der Waals surface area contributed by atoms with Gasteiger partial charge < -0.3 is 10.6 Å². The van der Waals surface area contributed by atoms with Crippen LogP contribution in [-0.2, 0) is 0 Å². The number of pyridine rings is 1. The lowest BCUT2D eigenvalue weighted by Crippen LogP contribution is -2.32. The normalized spacial score (nSPS) is 12.3. The number of nitrogen functional groups attached to an aromatic ring is 1. The third-order valence-corrected chi connectivity index (χ3v) is 4.37. The van der Waals surface area contributed by atoms with E-state index in [0.717, 1.165) is 28.9 Å². The number of anilines is 1. The van der Waals surface area contributed by atoms with Crippen LogP contribution in [0.5, 0.6) is 0 Å². The molecular formula is C16H22N4S. The van der Waals surface area contributed by atoms with E-state index >= 15 is 0 Å². The van der Waals surface area contributed by atoms with Crippen molar-refractivity contribution in [2.75, 3.05) is 24.0 Å². The zero-order chi connectivity index (χ0) is 15.4. The molecular weight excluding hydrogens is 280 g/mol. The molecule has 0 aliphatic rings. The van der Waals surface area contributed by atoms with Crippen LogP contribution in [0.4, 0.5) is 5.82 Å². The van der Waals surface area contributed by atoms with Crippen LogP contribution in [-0.4, -0.2) is 35.9 Å². The van der Waals surface area contributed by atoms with Crippen LogP contribution in [0.15, 0.2) is 30.3 Å². The van der Waals surface area contributed by atoms with Gasteiger partial charge in [0.2, 0.25) is 0 Å². The smallest absolute Gasteiger partial charge is 0.140 e. The highest BCUT2D eigenvalue weighted by atomic mass is 32.2. The largest absolute Gasteiger partial charge is 0.384 e. The number of benzene rings is 1. The first-order valence-electron chi connectivity index (χ1n) is 7.00. The fraction of sp³-hybridized carbons (Fsp3) is 0.375. The number of para-hydroxylation sites is 1. The van der Waals surface area contributed by atoms with Gasteiger partial charge in [-0.3, -0.25) is 5.41 Å². The number of thioether (sulfide) groups is 1. The van der Waals surface area contributed by atoms with E-state index in [1.165, 1.54) is 0 Å². The molecule has 0 spiro atoms. The Morgan fingerprint density at radius 3 is 2.81 bits per heavy atom. The average Bonchev–Trinajstić information content (AvgIpc) is 2.50. The second-order valence-corrected chi connectivity index (χ2v) is 6.19. The molecule has 0 saturated heterocycles. The molecule has 1 aromatic heterocycles. The summed E-state index contributed by atoms with van der Waals surface area (Å²) >= 11 is 1.84. The van der Waals surface area contributed by atoms with Gasteiger partial charge in [0.25, 0.3) is 0 Å². The van der Waals surface area contributed by atoms with Crippen molar-refractivity contribution in [3.05, 3.63) is 35.9 Å². The SMILES string of the molecule is CSCCC(C)N(C)c1nc2ccccc2cc1C(=N)N. The lowest BCUT2D eigenvalue weighted by atomic mass is 10.1. The molecule has 4 nitrogen and oxygen atoms in total. The van der Waals surface area contributed by atoms with Crippen molar-refractivity contribution in [2.45, 2.75) is 19.4 Å². The number of fused-ring (bicyclic) bond motifs is 1. The van der Waals surface area contributed by atoms with Crippen LogP contribution in [0, 0.1) is 5.41 Å². The van der Waals surface area contributed by atoms with Crippen molar-refractivity contribution in [2.24, 2.45) is 5.73 Å².